The topological polar surface area (TPSA) is 98.7 Å². The Bertz CT molecular complexity index is 471. The highest BCUT2D eigenvalue weighted by molar-refractivity contribution is 5.89. The van der Waals surface area contributed by atoms with E-state index in [4.69, 9.17) is 5.11 Å². The zero-order valence-corrected chi connectivity index (χ0v) is 10.9. The van der Waals surface area contributed by atoms with Crippen LogP contribution >= 0.6 is 0 Å². The number of amides is 2. The Kier molecular flexibility index (Phi) is 4.88. The van der Waals surface area contributed by atoms with Gasteiger partial charge in [0.25, 0.3) is 0 Å². The Morgan fingerprint density at radius 2 is 2.05 bits per heavy atom. The highest BCUT2D eigenvalue weighted by Gasteiger charge is 2.24. The highest BCUT2D eigenvalue weighted by Crippen LogP contribution is 2.10. The molecule has 0 saturated heterocycles. The molecule has 6 nitrogen and oxygen atoms in total. The van der Waals surface area contributed by atoms with Crippen molar-refractivity contribution < 1.29 is 19.8 Å². The Balaban J connectivity index is 2.46. The molecule has 2 amide bonds. The van der Waals surface area contributed by atoms with Crippen molar-refractivity contribution in [3.63, 3.8) is 0 Å². The number of hydrogen-bond donors (Lipinski definition) is 4. The fraction of sp³-hybridized carbons (Fsp3) is 0.385. The highest BCUT2D eigenvalue weighted by atomic mass is 16.4. The van der Waals surface area contributed by atoms with Gasteiger partial charge in [-0.25, -0.2) is 4.79 Å². The molecule has 0 aliphatic heterocycles. The number of carboxylic acids is 1. The van der Waals surface area contributed by atoms with Crippen LogP contribution in [-0.2, 0) is 4.79 Å². The lowest BCUT2D eigenvalue weighted by Crippen LogP contribution is -2.43. The first-order valence-corrected chi connectivity index (χ1v) is 5.84. The average molecular weight is 266 g/mol. The number of benzene rings is 1. The minimum atomic E-state index is -1.48. The van der Waals surface area contributed by atoms with Crippen LogP contribution < -0.4 is 10.6 Å². The molecule has 0 aliphatic rings. The van der Waals surface area contributed by atoms with Crippen molar-refractivity contribution in [3.8, 4) is 0 Å². The summed E-state index contributed by atoms with van der Waals surface area (Å²) in [6.45, 7) is 3.12. The van der Waals surface area contributed by atoms with Crippen molar-refractivity contribution in [1.29, 1.82) is 0 Å². The van der Waals surface area contributed by atoms with Crippen LogP contribution in [0.1, 0.15) is 18.9 Å². The van der Waals surface area contributed by atoms with Crippen molar-refractivity contribution in [2.24, 2.45) is 0 Å². The normalized spacial score (nSPS) is 13.4. The summed E-state index contributed by atoms with van der Waals surface area (Å²) in [5, 5.41) is 23.3. The molecular weight excluding hydrogens is 248 g/mol. The first-order chi connectivity index (χ1) is 8.78. The largest absolute Gasteiger partial charge is 0.481 e. The van der Waals surface area contributed by atoms with E-state index in [2.05, 4.69) is 10.6 Å². The third-order valence-electron chi connectivity index (χ3n) is 2.44. The summed E-state index contributed by atoms with van der Waals surface area (Å²) in [5.41, 5.74) is 0.168. The zero-order valence-electron chi connectivity index (χ0n) is 10.9. The van der Waals surface area contributed by atoms with E-state index < -0.39 is 24.0 Å². The average Bonchev–Trinajstić information content (AvgIpc) is 2.25. The lowest BCUT2D eigenvalue weighted by molar-refractivity contribution is -0.141. The Labute approximate surface area is 111 Å². The zero-order chi connectivity index (χ0) is 14.5. The van der Waals surface area contributed by atoms with Crippen LogP contribution in [0.5, 0.6) is 0 Å². The van der Waals surface area contributed by atoms with E-state index in [9.17, 15) is 14.7 Å². The van der Waals surface area contributed by atoms with E-state index in [1.807, 2.05) is 19.1 Å². The summed E-state index contributed by atoms with van der Waals surface area (Å²) in [7, 11) is 0. The molecule has 6 heteroatoms. The fourth-order valence-corrected chi connectivity index (χ4v) is 1.56. The maximum absolute atomic E-state index is 11.6. The van der Waals surface area contributed by atoms with Crippen LogP contribution in [0.15, 0.2) is 24.3 Å². The maximum Gasteiger partial charge on any atom is 0.319 e. The number of carboxylic acid groups (broad SMARTS) is 1. The van der Waals surface area contributed by atoms with Crippen LogP contribution in [0.2, 0.25) is 0 Å². The monoisotopic (exact) mass is 266 g/mol. The van der Waals surface area contributed by atoms with Crippen LogP contribution in [0.4, 0.5) is 10.5 Å². The molecule has 1 aromatic carbocycles. The number of aliphatic hydroxyl groups is 1. The van der Waals surface area contributed by atoms with Gasteiger partial charge in [-0.2, -0.15) is 0 Å². The van der Waals surface area contributed by atoms with Gasteiger partial charge in [0.05, 0.1) is 12.0 Å². The quantitative estimate of drug-likeness (QED) is 0.646. The molecule has 1 atom stereocenters. The SMILES string of the molecule is Cc1cccc(NC(=O)NCC(C)(O)CC(=O)O)c1. The summed E-state index contributed by atoms with van der Waals surface area (Å²) in [6.07, 6.45) is -0.433. The lowest BCUT2D eigenvalue weighted by Gasteiger charge is -2.21. The summed E-state index contributed by atoms with van der Waals surface area (Å²) in [4.78, 5) is 22.1. The van der Waals surface area contributed by atoms with E-state index in [0.29, 0.717) is 5.69 Å². The van der Waals surface area contributed by atoms with Gasteiger partial charge in [-0.15, -0.1) is 0 Å². The second-order valence-corrected chi connectivity index (χ2v) is 4.74. The maximum atomic E-state index is 11.6. The number of aliphatic carboxylic acids is 1. The molecule has 104 valence electrons. The molecule has 1 rings (SSSR count). The van der Waals surface area contributed by atoms with Crippen LogP contribution in [0.3, 0.4) is 0 Å². The van der Waals surface area contributed by atoms with Gasteiger partial charge in [0.2, 0.25) is 0 Å². The predicted molar refractivity (Wildman–Crippen MR) is 71.1 cm³/mol. The predicted octanol–water partition coefficient (Wildman–Crippen LogP) is 1.34. The van der Waals surface area contributed by atoms with E-state index >= 15 is 0 Å². The van der Waals surface area contributed by atoms with Crippen molar-refractivity contribution >= 4 is 17.7 Å². The number of hydrogen-bond acceptors (Lipinski definition) is 3. The number of urea groups is 1. The van der Waals surface area contributed by atoms with Crippen LogP contribution in [0.25, 0.3) is 0 Å². The van der Waals surface area contributed by atoms with Gasteiger partial charge in [-0.3, -0.25) is 4.79 Å². The van der Waals surface area contributed by atoms with Crippen molar-refractivity contribution in [2.75, 3.05) is 11.9 Å². The number of anilines is 1. The van der Waals surface area contributed by atoms with Crippen molar-refractivity contribution in [1.82, 2.24) is 5.32 Å². The molecular formula is C13H18N2O4. The van der Waals surface area contributed by atoms with E-state index in [-0.39, 0.29) is 6.54 Å². The van der Waals surface area contributed by atoms with Crippen LogP contribution in [0, 0.1) is 6.92 Å². The molecule has 0 radical (unpaired) electrons. The molecule has 0 heterocycles. The van der Waals surface area contributed by atoms with E-state index in [1.54, 1.807) is 12.1 Å². The van der Waals surface area contributed by atoms with Gasteiger partial charge in [0.15, 0.2) is 0 Å². The molecule has 19 heavy (non-hydrogen) atoms. The number of aryl methyl sites for hydroxylation is 1. The number of rotatable bonds is 5. The van der Waals surface area contributed by atoms with E-state index in [1.165, 1.54) is 6.92 Å². The minimum absolute atomic E-state index is 0.142. The first kappa shape index (κ1) is 15.0. The minimum Gasteiger partial charge on any atom is -0.481 e. The Morgan fingerprint density at radius 1 is 1.37 bits per heavy atom. The van der Waals surface area contributed by atoms with Crippen molar-refractivity contribution in [3.05, 3.63) is 29.8 Å². The molecule has 1 aromatic rings. The summed E-state index contributed by atoms with van der Waals surface area (Å²) in [6, 6.07) is 6.76. The van der Waals surface area contributed by atoms with Gasteiger partial charge in [-0.1, -0.05) is 12.1 Å². The van der Waals surface area contributed by atoms with Gasteiger partial charge in [-0.05, 0) is 31.5 Å². The third-order valence-corrected chi connectivity index (χ3v) is 2.44. The molecule has 0 aliphatic carbocycles. The molecule has 0 spiro atoms. The Morgan fingerprint density at radius 3 is 2.63 bits per heavy atom. The second kappa shape index (κ2) is 6.19. The Hall–Kier alpha value is -2.08. The molecule has 0 saturated carbocycles. The number of carbonyl (C=O) groups is 2. The van der Waals surface area contributed by atoms with Gasteiger partial charge >= 0.3 is 12.0 Å². The second-order valence-electron chi connectivity index (χ2n) is 4.74. The molecule has 1 unspecified atom stereocenters. The lowest BCUT2D eigenvalue weighted by atomic mass is 10.0. The van der Waals surface area contributed by atoms with Gasteiger partial charge < -0.3 is 20.8 Å². The molecule has 4 N–H and O–H groups in total. The summed E-state index contributed by atoms with van der Waals surface area (Å²) in [5.74, 6) is -1.12. The molecule has 0 fully saturated rings. The summed E-state index contributed by atoms with van der Waals surface area (Å²) >= 11 is 0. The first-order valence-electron chi connectivity index (χ1n) is 5.84. The van der Waals surface area contributed by atoms with Gasteiger partial charge in [0.1, 0.15) is 0 Å². The van der Waals surface area contributed by atoms with E-state index in [0.717, 1.165) is 5.56 Å². The number of carbonyl (C=O) groups excluding carboxylic acids is 1. The fourth-order valence-electron chi connectivity index (χ4n) is 1.56. The molecule has 0 bridgehead atoms. The summed E-state index contributed by atoms with van der Waals surface area (Å²) < 4.78 is 0. The standard InChI is InChI=1S/C13H18N2O4/c1-9-4-3-5-10(6-9)15-12(18)14-8-13(2,19)7-11(16)17/h3-6,19H,7-8H2,1-2H3,(H,16,17)(H2,14,15,18). The van der Waals surface area contributed by atoms with Crippen molar-refractivity contribution in [2.45, 2.75) is 25.9 Å². The third kappa shape index (κ3) is 5.87. The van der Waals surface area contributed by atoms with Crippen LogP contribution in [-0.4, -0.2) is 34.4 Å². The smallest absolute Gasteiger partial charge is 0.319 e. The van der Waals surface area contributed by atoms with Gasteiger partial charge in [0, 0.05) is 12.2 Å². The number of nitrogens with one attached hydrogen (secondary N) is 2. The molecule has 0 aromatic heterocycles.